The molecule has 0 unspecified atom stereocenters. The fraction of sp³-hybridized carbons (Fsp3) is 0.0769. The molecule has 0 saturated heterocycles. The zero-order valence-corrected chi connectivity index (χ0v) is 17.8. The van der Waals surface area contributed by atoms with E-state index in [4.69, 9.17) is 10.5 Å². The molecule has 0 radical (unpaired) electrons. The van der Waals surface area contributed by atoms with Crippen LogP contribution in [0.1, 0.15) is 16.7 Å². The van der Waals surface area contributed by atoms with Gasteiger partial charge in [0.1, 0.15) is 12.4 Å². The predicted octanol–water partition coefficient (Wildman–Crippen LogP) is 6.00. The molecule has 4 rings (SSSR count). The number of nitrogens with two attached hydrogens (primary N) is 1. The van der Waals surface area contributed by atoms with Gasteiger partial charge in [-0.25, -0.2) is 0 Å². The standard InChI is InChI=1S/C26H23N3OS/c27-26(31-19-20-8-2-1-3-9-20)29-28-17-21-10-6-14-24(16-21)30-18-23-13-7-12-22-11-4-5-15-25(22)23/h1-17H,18-19H2,(H2,27,29). The van der Waals surface area contributed by atoms with Crippen molar-refractivity contribution in [1.29, 1.82) is 0 Å². The van der Waals surface area contributed by atoms with Gasteiger partial charge in [-0.3, -0.25) is 0 Å². The summed E-state index contributed by atoms with van der Waals surface area (Å²) in [6, 6.07) is 32.5. The molecule has 0 atom stereocenters. The Labute approximate surface area is 186 Å². The number of hydrogen-bond donors (Lipinski definition) is 1. The number of hydrogen-bond acceptors (Lipinski definition) is 4. The van der Waals surface area contributed by atoms with E-state index in [1.54, 1.807) is 6.21 Å². The maximum atomic E-state index is 6.03. The van der Waals surface area contributed by atoms with Crippen LogP contribution in [0, 0.1) is 0 Å². The van der Waals surface area contributed by atoms with Crippen molar-refractivity contribution in [3.63, 3.8) is 0 Å². The second-order valence-corrected chi connectivity index (χ2v) is 7.95. The van der Waals surface area contributed by atoms with Crippen molar-refractivity contribution in [2.24, 2.45) is 15.9 Å². The summed E-state index contributed by atoms with van der Waals surface area (Å²) < 4.78 is 6.03. The summed E-state index contributed by atoms with van der Waals surface area (Å²) in [5, 5.41) is 11.0. The molecule has 0 aliphatic rings. The molecule has 0 fully saturated rings. The third kappa shape index (κ3) is 5.96. The Balaban J connectivity index is 1.35. The molecule has 0 bridgehead atoms. The largest absolute Gasteiger partial charge is 0.489 e. The van der Waals surface area contributed by atoms with E-state index in [1.807, 2.05) is 54.6 Å². The highest BCUT2D eigenvalue weighted by atomic mass is 32.2. The first-order valence-electron chi connectivity index (χ1n) is 10.0. The Morgan fingerprint density at radius 1 is 0.871 bits per heavy atom. The molecular weight excluding hydrogens is 402 g/mol. The van der Waals surface area contributed by atoms with Crippen molar-refractivity contribution in [2.75, 3.05) is 0 Å². The molecule has 31 heavy (non-hydrogen) atoms. The summed E-state index contributed by atoms with van der Waals surface area (Å²) in [4.78, 5) is 0. The van der Waals surface area contributed by atoms with Gasteiger partial charge in [0.2, 0.25) is 0 Å². The zero-order chi connectivity index (χ0) is 21.3. The molecule has 0 aliphatic heterocycles. The van der Waals surface area contributed by atoms with Gasteiger partial charge in [-0.15, -0.1) is 5.10 Å². The highest BCUT2D eigenvalue weighted by molar-refractivity contribution is 8.13. The van der Waals surface area contributed by atoms with Crippen molar-refractivity contribution < 1.29 is 4.74 Å². The molecule has 0 amide bonds. The van der Waals surface area contributed by atoms with Crippen LogP contribution in [0.5, 0.6) is 5.75 Å². The summed E-state index contributed by atoms with van der Waals surface area (Å²) in [5.74, 6) is 1.55. The molecule has 0 saturated carbocycles. The van der Waals surface area contributed by atoms with E-state index in [2.05, 4.69) is 52.7 Å². The highest BCUT2D eigenvalue weighted by Gasteiger charge is 2.02. The van der Waals surface area contributed by atoms with E-state index in [9.17, 15) is 0 Å². The van der Waals surface area contributed by atoms with E-state index >= 15 is 0 Å². The predicted molar refractivity (Wildman–Crippen MR) is 132 cm³/mol. The van der Waals surface area contributed by atoms with E-state index in [1.165, 1.54) is 28.1 Å². The Morgan fingerprint density at radius 3 is 2.55 bits per heavy atom. The first-order chi connectivity index (χ1) is 15.3. The SMILES string of the molecule is NC(=NN=Cc1cccc(OCc2cccc3ccccc23)c1)SCc1ccccc1. The third-order valence-electron chi connectivity index (χ3n) is 4.73. The Bertz CT molecular complexity index is 1200. The summed E-state index contributed by atoms with van der Waals surface area (Å²) in [7, 11) is 0. The van der Waals surface area contributed by atoms with Crippen LogP contribution in [0.25, 0.3) is 10.8 Å². The summed E-state index contributed by atoms with van der Waals surface area (Å²) in [6.07, 6.45) is 1.68. The zero-order valence-electron chi connectivity index (χ0n) is 17.0. The van der Waals surface area contributed by atoms with Gasteiger partial charge in [0.05, 0.1) is 6.21 Å². The molecule has 4 aromatic rings. The van der Waals surface area contributed by atoms with Crippen LogP contribution in [-0.4, -0.2) is 11.4 Å². The summed E-state index contributed by atoms with van der Waals surface area (Å²) in [5.41, 5.74) is 9.21. The Kier molecular flexibility index (Phi) is 6.98. The fourth-order valence-electron chi connectivity index (χ4n) is 3.18. The highest BCUT2D eigenvalue weighted by Crippen LogP contribution is 2.21. The Hall–Kier alpha value is -3.57. The minimum absolute atomic E-state index is 0.434. The van der Waals surface area contributed by atoms with Crippen molar-refractivity contribution >= 4 is 33.9 Å². The molecule has 4 aromatic carbocycles. The van der Waals surface area contributed by atoms with Crippen molar-refractivity contribution in [1.82, 2.24) is 0 Å². The molecule has 0 heterocycles. The van der Waals surface area contributed by atoms with Crippen LogP contribution >= 0.6 is 11.8 Å². The number of ether oxygens (including phenoxy) is 1. The lowest BCUT2D eigenvalue weighted by molar-refractivity contribution is 0.307. The lowest BCUT2D eigenvalue weighted by Crippen LogP contribution is -2.06. The van der Waals surface area contributed by atoms with Gasteiger partial charge in [0.15, 0.2) is 5.17 Å². The molecule has 154 valence electrons. The molecular formula is C26H23N3OS. The van der Waals surface area contributed by atoms with Gasteiger partial charge < -0.3 is 10.5 Å². The van der Waals surface area contributed by atoms with E-state index in [-0.39, 0.29) is 0 Å². The average molecular weight is 426 g/mol. The summed E-state index contributed by atoms with van der Waals surface area (Å²) >= 11 is 1.46. The molecule has 0 aliphatic carbocycles. The average Bonchev–Trinajstić information content (AvgIpc) is 2.82. The van der Waals surface area contributed by atoms with Crippen LogP contribution in [-0.2, 0) is 12.4 Å². The lowest BCUT2D eigenvalue weighted by atomic mass is 10.1. The quantitative estimate of drug-likeness (QED) is 0.224. The van der Waals surface area contributed by atoms with Gasteiger partial charge in [-0.1, -0.05) is 96.7 Å². The molecule has 4 nitrogen and oxygen atoms in total. The number of nitrogens with zero attached hydrogens (tertiary/aromatic N) is 2. The molecule has 2 N–H and O–H groups in total. The first-order valence-corrected chi connectivity index (χ1v) is 11.0. The minimum atomic E-state index is 0.434. The van der Waals surface area contributed by atoms with E-state index in [0.717, 1.165) is 22.6 Å². The van der Waals surface area contributed by atoms with Crippen LogP contribution in [0.4, 0.5) is 0 Å². The van der Waals surface area contributed by atoms with Crippen molar-refractivity contribution in [3.05, 3.63) is 114 Å². The van der Waals surface area contributed by atoms with Gasteiger partial charge in [0, 0.05) is 5.75 Å². The van der Waals surface area contributed by atoms with Crippen molar-refractivity contribution in [3.8, 4) is 5.75 Å². The van der Waals surface area contributed by atoms with Crippen LogP contribution in [0.15, 0.2) is 107 Å². The molecule has 0 aromatic heterocycles. The lowest BCUT2D eigenvalue weighted by Gasteiger charge is -2.09. The number of amidine groups is 1. The molecule has 5 heteroatoms. The van der Waals surface area contributed by atoms with Crippen LogP contribution < -0.4 is 10.5 Å². The van der Waals surface area contributed by atoms with E-state index < -0.39 is 0 Å². The van der Waals surface area contributed by atoms with Gasteiger partial charge in [-0.2, -0.15) is 5.10 Å². The van der Waals surface area contributed by atoms with Gasteiger partial charge in [-0.05, 0) is 39.6 Å². The minimum Gasteiger partial charge on any atom is -0.489 e. The normalized spacial score (nSPS) is 11.8. The number of rotatable bonds is 7. The second kappa shape index (κ2) is 10.5. The number of benzene rings is 4. The smallest absolute Gasteiger partial charge is 0.180 e. The molecule has 0 spiro atoms. The van der Waals surface area contributed by atoms with Crippen LogP contribution in [0.3, 0.4) is 0 Å². The fourth-order valence-corrected chi connectivity index (χ4v) is 3.79. The van der Waals surface area contributed by atoms with Gasteiger partial charge >= 0.3 is 0 Å². The Morgan fingerprint density at radius 2 is 1.65 bits per heavy atom. The number of fused-ring (bicyclic) bond motifs is 1. The van der Waals surface area contributed by atoms with Crippen LogP contribution in [0.2, 0.25) is 0 Å². The maximum Gasteiger partial charge on any atom is 0.180 e. The van der Waals surface area contributed by atoms with Crippen molar-refractivity contribution in [2.45, 2.75) is 12.4 Å². The third-order valence-corrected chi connectivity index (χ3v) is 5.58. The van der Waals surface area contributed by atoms with Gasteiger partial charge in [0.25, 0.3) is 0 Å². The van der Waals surface area contributed by atoms with E-state index in [0.29, 0.717) is 11.8 Å². The second-order valence-electron chi connectivity index (χ2n) is 6.96. The topological polar surface area (TPSA) is 60.0 Å². The first kappa shape index (κ1) is 20.7. The monoisotopic (exact) mass is 425 g/mol. The maximum absolute atomic E-state index is 6.03. The number of thioether (sulfide) groups is 1. The summed E-state index contributed by atoms with van der Waals surface area (Å²) in [6.45, 7) is 0.503.